The number of pyridine rings is 1. The van der Waals surface area contributed by atoms with Crippen molar-refractivity contribution in [3.8, 4) is 11.6 Å². The Kier molecular flexibility index (Phi) is 10.8. The summed E-state index contributed by atoms with van der Waals surface area (Å²) in [5.41, 5.74) is -0.550. The molecule has 3 amide bonds. The van der Waals surface area contributed by atoms with Gasteiger partial charge in [-0.1, -0.05) is 51.3 Å². The number of ether oxygens (including phenoxy) is 2. The van der Waals surface area contributed by atoms with E-state index in [4.69, 9.17) is 9.47 Å². The van der Waals surface area contributed by atoms with E-state index in [9.17, 15) is 22.8 Å². The summed E-state index contributed by atoms with van der Waals surface area (Å²) in [6.07, 6.45) is 16.1. The first-order valence-electron chi connectivity index (χ1n) is 19.7. The fourth-order valence-corrected chi connectivity index (χ4v) is 10.0. The SMILES string of the molecule is C=C[C@@H]1C[C@]1(NC(=O)[C@@H]1C[C@@H]2CN1C(=O)[C@H](C1CCCCC1)NCCCC(C)(C)CC=Cc1cc3c(nccc3cc1OC)O2)C(=O)NS(=O)(=O)C1CC1. The molecule has 1 aromatic carbocycles. The van der Waals surface area contributed by atoms with E-state index in [1.807, 2.05) is 18.2 Å². The number of allylic oxidation sites excluding steroid dienone is 1. The summed E-state index contributed by atoms with van der Waals surface area (Å²) in [7, 11) is -2.19. The molecule has 13 heteroatoms. The van der Waals surface area contributed by atoms with Gasteiger partial charge in [-0.25, -0.2) is 13.4 Å². The molecular weight excluding hydrogens is 707 g/mol. The number of amides is 3. The van der Waals surface area contributed by atoms with Crippen LogP contribution in [0.2, 0.25) is 0 Å². The minimum absolute atomic E-state index is 0.0194. The summed E-state index contributed by atoms with van der Waals surface area (Å²) in [5.74, 6) is -0.632. The zero-order valence-corrected chi connectivity index (χ0v) is 32.6. The van der Waals surface area contributed by atoms with E-state index in [0.29, 0.717) is 25.3 Å². The van der Waals surface area contributed by atoms with Crippen molar-refractivity contribution in [1.29, 1.82) is 0 Å². The molecule has 3 saturated carbocycles. The lowest BCUT2D eigenvalue weighted by Gasteiger charge is -2.35. The van der Waals surface area contributed by atoms with Gasteiger partial charge >= 0.3 is 0 Å². The van der Waals surface area contributed by atoms with Crippen LogP contribution in [0.4, 0.5) is 0 Å². The maximum Gasteiger partial charge on any atom is 0.259 e. The Balaban J connectivity index is 1.23. The molecule has 292 valence electrons. The topological polar surface area (TPSA) is 156 Å². The van der Waals surface area contributed by atoms with Crippen molar-refractivity contribution in [2.45, 2.75) is 120 Å². The molecule has 4 bridgehead atoms. The van der Waals surface area contributed by atoms with Gasteiger partial charge < -0.3 is 25.0 Å². The molecule has 5 atom stereocenters. The minimum atomic E-state index is -3.85. The summed E-state index contributed by atoms with van der Waals surface area (Å²) in [6, 6.07) is 4.44. The first kappa shape index (κ1) is 38.3. The summed E-state index contributed by atoms with van der Waals surface area (Å²) in [4.78, 5) is 49.1. The Morgan fingerprint density at radius 1 is 1.13 bits per heavy atom. The molecule has 12 nitrogen and oxygen atoms in total. The quantitative estimate of drug-likeness (QED) is 0.315. The van der Waals surface area contributed by atoms with Crippen molar-refractivity contribution in [3.63, 3.8) is 0 Å². The second-order valence-corrected chi connectivity index (χ2v) is 18.8. The Hall–Kier alpha value is -3.97. The molecule has 3 aliphatic carbocycles. The average Bonchev–Trinajstić information content (AvgIpc) is 4.08. The number of nitrogens with one attached hydrogen (secondary N) is 3. The predicted octanol–water partition coefficient (Wildman–Crippen LogP) is 5.02. The number of sulfonamides is 1. The average molecular weight is 762 g/mol. The van der Waals surface area contributed by atoms with Gasteiger partial charge in [0.2, 0.25) is 27.7 Å². The standard InChI is InChI=1S/C41H55N5O7S/c1-5-29-24-41(29,39(49)45-54(50,51)31-14-15-31)44-36(47)33-23-30-25-46(33)38(48)35(26-11-7-6-8-12-26)42-19-10-18-40(2,3)17-9-13-28-21-32-27(22-34(28)52-4)16-20-43-37(32)53-30/h5,9,13,16,20-22,26,29-31,33,35,42H,1,6-8,10-12,14-15,17-19,23-25H2,2-4H3,(H,44,47)(H,45,49)/t29-,30-,33+,35+,41-/m1/s1. The number of aromatic nitrogens is 1. The first-order chi connectivity index (χ1) is 25.8. The van der Waals surface area contributed by atoms with E-state index in [0.717, 1.165) is 73.5 Å². The second-order valence-electron chi connectivity index (χ2n) is 16.8. The molecule has 0 spiro atoms. The predicted molar refractivity (Wildman–Crippen MR) is 207 cm³/mol. The van der Waals surface area contributed by atoms with Crippen LogP contribution in [0.5, 0.6) is 11.6 Å². The van der Waals surface area contributed by atoms with Crippen molar-refractivity contribution in [3.05, 3.63) is 48.7 Å². The maximum absolute atomic E-state index is 14.9. The zero-order valence-electron chi connectivity index (χ0n) is 31.8. The first-order valence-corrected chi connectivity index (χ1v) is 21.2. The molecule has 1 saturated heterocycles. The van der Waals surface area contributed by atoms with Gasteiger partial charge in [0.05, 0.1) is 24.9 Å². The molecule has 54 heavy (non-hydrogen) atoms. The highest BCUT2D eigenvalue weighted by Gasteiger charge is 2.62. The van der Waals surface area contributed by atoms with Crippen molar-refractivity contribution in [1.82, 2.24) is 25.2 Å². The summed E-state index contributed by atoms with van der Waals surface area (Å²) >= 11 is 0. The fraction of sp³-hybridized carbons (Fsp3) is 0.610. The highest BCUT2D eigenvalue weighted by molar-refractivity contribution is 7.91. The molecule has 2 aromatic rings. The molecule has 7 rings (SSSR count). The zero-order chi connectivity index (χ0) is 38.3. The molecule has 0 unspecified atom stereocenters. The number of rotatable bonds is 8. The summed E-state index contributed by atoms with van der Waals surface area (Å²) < 4.78 is 40.2. The minimum Gasteiger partial charge on any atom is -0.496 e. The lowest BCUT2D eigenvalue weighted by molar-refractivity contribution is -0.142. The van der Waals surface area contributed by atoms with Crippen molar-refractivity contribution in [2.75, 3.05) is 20.2 Å². The Bertz CT molecular complexity index is 1920. The van der Waals surface area contributed by atoms with Crippen LogP contribution in [-0.2, 0) is 24.4 Å². The van der Waals surface area contributed by atoms with Gasteiger partial charge in [-0.3, -0.25) is 19.1 Å². The number of nitrogens with zero attached hydrogens (tertiary/aromatic N) is 2. The van der Waals surface area contributed by atoms with Gasteiger partial charge in [0.15, 0.2) is 0 Å². The smallest absolute Gasteiger partial charge is 0.259 e. The van der Waals surface area contributed by atoms with Crippen LogP contribution < -0.4 is 24.8 Å². The van der Waals surface area contributed by atoms with E-state index >= 15 is 0 Å². The third-order valence-electron chi connectivity index (χ3n) is 12.2. The van der Waals surface area contributed by atoms with E-state index < -0.39 is 56.7 Å². The van der Waals surface area contributed by atoms with Gasteiger partial charge in [-0.2, -0.15) is 0 Å². The van der Waals surface area contributed by atoms with Gasteiger partial charge in [0.25, 0.3) is 5.91 Å². The molecular formula is C41H55N5O7S. The molecule has 3 heterocycles. The van der Waals surface area contributed by atoms with Crippen LogP contribution in [0.1, 0.15) is 96.5 Å². The van der Waals surface area contributed by atoms with Crippen LogP contribution in [0.15, 0.2) is 43.1 Å². The molecule has 0 radical (unpaired) electrons. The third kappa shape index (κ3) is 8.03. The van der Waals surface area contributed by atoms with Crippen LogP contribution in [0.3, 0.4) is 0 Å². The monoisotopic (exact) mass is 761 g/mol. The number of hydrogen-bond donors (Lipinski definition) is 3. The normalized spacial score (nSPS) is 29.2. The number of carbonyl (C=O) groups excluding carboxylic acids is 3. The highest BCUT2D eigenvalue weighted by atomic mass is 32.2. The molecule has 3 N–H and O–H groups in total. The number of methoxy groups -OCH3 is 1. The van der Waals surface area contributed by atoms with E-state index in [1.165, 1.54) is 0 Å². The number of carbonyl (C=O) groups is 3. The summed E-state index contributed by atoms with van der Waals surface area (Å²) in [5, 5.41) is 7.63. The van der Waals surface area contributed by atoms with Crippen LogP contribution in [0, 0.1) is 17.3 Å². The van der Waals surface area contributed by atoms with Crippen LogP contribution in [0.25, 0.3) is 16.8 Å². The van der Waals surface area contributed by atoms with Crippen molar-refractivity contribution >= 4 is 44.6 Å². The van der Waals surface area contributed by atoms with Crippen LogP contribution >= 0.6 is 0 Å². The Morgan fingerprint density at radius 2 is 1.91 bits per heavy atom. The molecule has 2 aliphatic heterocycles. The van der Waals surface area contributed by atoms with Gasteiger partial charge in [-0.15, -0.1) is 6.58 Å². The largest absolute Gasteiger partial charge is 0.496 e. The van der Waals surface area contributed by atoms with Gasteiger partial charge in [0, 0.05) is 29.5 Å². The lowest BCUT2D eigenvalue weighted by Crippen LogP contribution is -2.59. The second kappa shape index (κ2) is 15.3. The third-order valence-corrected chi connectivity index (χ3v) is 14.0. The number of benzene rings is 1. The molecule has 5 aliphatic rings. The lowest BCUT2D eigenvalue weighted by atomic mass is 9.82. The molecule has 1 aromatic heterocycles. The van der Waals surface area contributed by atoms with E-state index in [-0.39, 0.29) is 36.6 Å². The van der Waals surface area contributed by atoms with Crippen molar-refractivity contribution < 1.29 is 32.3 Å². The number of fused-ring (bicyclic) bond motifs is 3. The highest BCUT2D eigenvalue weighted by Crippen LogP contribution is 2.46. The van der Waals surface area contributed by atoms with E-state index in [2.05, 4.69) is 52.9 Å². The van der Waals surface area contributed by atoms with Gasteiger partial charge in [0.1, 0.15) is 23.4 Å². The Labute approximate surface area is 318 Å². The van der Waals surface area contributed by atoms with Gasteiger partial charge in [-0.05, 0) is 92.8 Å². The van der Waals surface area contributed by atoms with E-state index in [1.54, 1.807) is 24.3 Å². The molecule has 4 fully saturated rings. The Morgan fingerprint density at radius 3 is 2.61 bits per heavy atom. The fourth-order valence-electron chi connectivity index (χ4n) is 8.68. The maximum atomic E-state index is 14.9. The van der Waals surface area contributed by atoms with Crippen molar-refractivity contribution in [2.24, 2.45) is 17.3 Å². The summed E-state index contributed by atoms with van der Waals surface area (Å²) in [6.45, 7) is 9.16. The van der Waals surface area contributed by atoms with Crippen LogP contribution in [-0.4, -0.2) is 85.2 Å². The number of hydrogen-bond acceptors (Lipinski definition) is 9.